The van der Waals surface area contributed by atoms with E-state index in [9.17, 15) is 4.79 Å². The minimum Gasteiger partial charge on any atom is -0.495 e. The fraction of sp³-hybridized carbons (Fsp3) is 0.296. The van der Waals surface area contributed by atoms with Crippen LogP contribution >= 0.6 is 34.5 Å². The standard InChI is InChI=1S/C27H28Cl2N6O3S/c1-16-13-20(38-2)22(29)24(21(16)28)33-27(37)19-14-39-25-23(19)30-15-31-26(25)32-17-3-5-18(6-4-17)35-9-7-34(8-10-35)11-12-36/h3-6,13-15,36H,7-12H2,1-2H3,(H,33,37)(H,30,31,32). The van der Waals surface area contributed by atoms with E-state index in [0.29, 0.717) is 33.4 Å². The SMILES string of the molecule is COc1cc(C)c(Cl)c(NC(=O)c2csc3c(Nc4ccc(N5CCN(CCO)CC5)cc4)ncnc23)c1Cl. The molecule has 1 fully saturated rings. The first kappa shape index (κ1) is 27.4. The Balaban J connectivity index is 1.32. The minimum absolute atomic E-state index is 0.192. The average Bonchev–Trinajstić information content (AvgIpc) is 3.39. The third-order valence-corrected chi connectivity index (χ3v) is 8.53. The number of aliphatic hydroxyl groups is 1. The number of rotatable bonds is 8. The second-order valence-corrected chi connectivity index (χ2v) is 10.8. The van der Waals surface area contributed by atoms with Crippen LogP contribution in [0.5, 0.6) is 5.75 Å². The smallest absolute Gasteiger partial charge is 0.258 e. The number of nitrogens with zero attached hydrogens (tertiary/aromatic N) is 4. The van der Waals surface area contributed by atoms with Crippen molar-refractivity contribution < 1.29 is 14.6 Å². The van der Waals surface area contributed by atoms with Crippen LogP contribution < -0.4 is 20.3 Å². The first-order valence-electron chi connectivity index (χ1n) is 12.4. The number of hydrogen-bond acceptors (Lipinski definition) is 9. The summed E-state index contributed by atoms with van der Waals surface area (Å²) in [5, 5.41) is 17.7. The quantitative estimate of drug-likeness (QED) is 0.251. The topological polar surface area (TPSA) is 103 Å². The van der Waals surface area contributed by atoms with Crippen molar-refractivity contribution >= 4 is 73.5 Å². The van der Waals surface area contributed by atoms with E-state index in [1.54, 1.807) is 11.4 Å². The molecule has 3 heterocycles. The molecule has 0 atom stereocenters. The molecule has 39 heavy (non-hydrogen) atoms. The molecule has 12 heteroatoms. The summed E-state index contributed by atoms with van der Waals surface area (Å²) in [6.45, 7) is 6.44. The van der Waals surface area contributed by atoms with E-state index in [1.807, 2.05) is 19.1 Å². The van der Waals surface area contributed by atoms with Gasteiger partial charge in [-0.05, 0) is 42.8 Å². The molecule has 1 aliphatic heterocycles. The van der Waals surface area contributed by atoms with Gasteiger partial charge in [0, 0.05) is 49.5 Å². The van der Waals surface area contributed by atoms with Gasteiger partial charge in [-0.2, -0.15) is 0 Å². The molecule has 0 aliphatic carbocycles. The van der Waals surface area contributed by atoms with E-state index < -0.39 is 0 Å². The number of thiophene rings is 1. The van der Waals surface area contributed by atoms with E-state index in [-0.39, 0.29) is 17.5 Å². The van der Waals surface area contributed by atoms with Gasteiger partial charge in [-0.15, -0.1) is 11.3 Å². The maximum atomic E-state index is 13.3. The number of ether oxygens (including phenoxy) is 1. The fourth-order valence-electron chi connectivity index (χ4n) is 4.54. The highest BCUT2D eigenvalue weighted by Gasteiger charge is 2.21. The molecule has 1 aliphatic rings. The fourth-order valence-corrected chi connectivity index (χ4v) is 6.01. The number of carbonyl (C=O) groups excluding carboxylic acids is 1. The number of amides is 1. The van der Waals surface area contributed by atoms with Crippen LogP contribution in [0.25, 0.3) is 10.2 Å². The van der Waals surface area contributed by atoms with Crippen molar-refractivity contribution in [1.82, 2.24) is 14.9 Å². The lowest BCUT2D eigenvalue weighted by atomic mass is 10.2. The Kier molecular flexibility index (Phi) is 8.39. The summed E-state index contributed by atoms with van der Waals surface area (Å²) in [6.07, 6.45) is 1.43. The molecular weight excluding hydrogens is 559 g/mol. The van der Waals surface area contributed by atoms with Gasteiger partial charge in [0.05, 0.1) is 40.2 Å². The third kappa shape index (κ3) is 5.75. The molecule has 2 aromatic carbocycles. The molecule has 4 aromatic rings. The number of methoxy groups -OCH3 is 1. The van der Waals surface area contributed by atoms with Crippen molar-refractivity contribution in [3.63, 3.8) is 0 Å². The molecule has 0 radical (unpaired) electrons. The van der Waals surface area contributed by atoms with E-state index >= 15 is 0 Å². The highest BCUT2D eigenvalue weighted by Crippen LogP contribution is 2.41. The Bertz CT molecular complexity index is 1490. The summed E-state index contributed by atoms with van der Waals surface area (Å²) in [7, 11) is 1.51. The van der Waals surface area contributed by atoms with Crippen molar-refractivity contribution in [3.05, 3.63) is 63.2 Å². The Hall–Kier alpha value is -3.15. The lowest BCUT2D eigenvalue weighted by molar-refractivity contribution is 0.102. The number of aromatic nitrogens is 2. The number of β-amino-alcohol motifs (C(OH)–C–C–N with tert-alkyl or cyclic N) is 1. The van der Waals surface area contributed by atoms with Crippen molar-refractivity contribution in [3.8, 4) is 5.75 Å². The van der Waals surface area contributed by atoms with Crippen LogP contribution in [0.4, 0.5) is 22.9 Å². The van der Waals surface area contributed by atoms with Crippen molar-refractivity contribution in [2.24, 2.45) is 0 Å². The van der Waals surface area contributed by atoms with Crippen molar-refractivity contribution in [2.45, 2.75) is 6.92 Å². The number of carbonyl (C=O) groups is 1. The lowest BCUT2D eigenvalue weighted by Gasteiger charge is -2.35. The van der Waals surface area contributed by atoms with Crippen LogP contribution in [0.2, 0.25) is 10.0 Å². The maximum absolute atomic E-state index is 13.3. The summed E-state index contributed by atoms with van der Waals surface area (Å²) < 4.78 is 6.06. The van der Waals surface area contributed by atoms with Crippen molar-refractivity contribution in [1.29, 1.82) is 0 Å². The third-order valence-electron chi connectivity index (χ3n) is 6.69. The highest BCUT2D eigenvalue weighted by atomic mass is 35.5. The largest absolute Gasteiger partial charge is 0.495 e. The van der Waals surface area contributed by atoms with Crippen LogP contribution in [0, 0.1) is 6.92 Å². The molecule has 0 bridgehead atoms. The van der Waals surface area contributed by atoms with Crippen molar-refractivity contribution in [2.75, 3.05) is 62.0 Å². The van der Waals surface area contributed by atoms with Crippen LogP contribution in [0.3, 0.4) is 0 Å². The maximum Gasteiger partial charge on any atom is 0.258 e. The average molecular weight is 588 g/mol. The zero-order valence-corrected chi connectivity index (χ0v) is 23.8. The van der Waals surface area contributed by atoms with Crippen LogP contribution in [-0.4, -0.2) is 72.3 Å². The first-order chi connectivity index (χ1) is 18.9. The minimum atomic E-state index is -0.384. The second-order valence-electron chi connectivity index (χ2n) is 9.13. The number of anilines is 4. The molecule has 1 amide bonds. The van der Waals surface area contributed by atoms with Crippen LogP contribution in [0.15, 0.2) is 42.0 Å². The van der Waals surface area contributed by atoms with Gasteiger partial charge in [0.2, 0.25) is 0 Å². The molecule has 1 saturated heterocycles. The molecule has 0 unspecified atom stereocenters. The molecule has 9 nitrogen and oxygen atoms in total. The first-order valence-corrected chi connectivity index (χ1v) is 14.0. The zero-order valence-electron chi connectivity index (χ0n) is 21.5. The molecule has 0 spiro atoms. The van der Waals surface area contributed by atoms with E-state index in [0.717, 1.165) is 54.4 Å². The molecule has 3 N–H and O–H groups in total. The number of piperazine rings is 1. The number of nitrogens with one attached hydrogen (secondary N) is 2. The summed E-state index contributed by atoms with van der Waals surface area (Å²) in [4.78, 5) is 26.7. The van der Waals surface area contributed by atoms with E-state index in [1.165, 1.54) is 24.8 Å². The summed E-state index contributed by atoms with van der Waals surface area (Å²) >= 11 is 14.3. The van der Waals surface area contributed by atoms with Gasteiger partial charge in [0.15, 0.2) is 5.82 Å². The molecular formula is C27H28Cl2N6O3S. The van der Waals surface area contributed by atoms with Gasteiger partial charge >= 0.3 is 0 Å². The lowest BCUT2D eigenvalue weighted by Crippen LogP contribution is -2.47. The zero-order chi connectivity index (χ0) is 27.5. The van der Waals surface area contributed by atoms with E-state index in [4.69, 9.17) is 33.0 Å². The Labute approximate surface area is 240 Å². The summed E-state index contributed by atoms with van der Waals surface area (Å²) in [5.74, 6) is 0.654. The Morgan fingerprint density at radius 1 is 1.13 bits per heavy atom. The molecule has 5 rings (SSSR count). The van der Waals surface area contributed by atoms with Gasteiger partial charge in [-0.3, -0.25) is 9.69 Å². The number of halogens is 2. The van der Waals surface area contributed by atoms with Gasteiger partial charge in [0.1, 0.15) is 17.1 Å². The predicted molar refractivity (Wildman–Crippen MR) is 159 cm³/mol. The molecule has 204 valence electrons. The monoisotopic (exact) mass is 586 g/mol. The van der Waals surface area contributed by atoms with Gasteiger partial charge in [-0.1, -0.05) is 23.2 Å². The molecule has 2 aromatic heterocycles. The van der Waals surface area contributed by atoms with Gasteiger partial charge in [0.25, 0.3) is 5.91 Å². The van der Waals surface area contributed by atoms with Crippen LogP contribution in [-0.2, 0) is 0 Å². The van der Waals surface area contributed by atoms with Gasteiger partial charge in [-0.25, -0.2) is 9.97 Å². The second kappa shape index (κ2) is 11.9. The number of benzene rings is 2. The summed E-state index contributed by atoms with van der Waals surface area (Å²) in [5.41, 5.74) is 3.97. The molecule has 0 saturated carbocycles. The normalized spacial score (nSPS) is 14.0. The number of hydrogen-bond donors (Lipinski definition) is 3. The number of aryl methyl sites for hydroxylation is 1. The number of aliphatic hydroxyl groups excluding tert-OH is 1. The van der Waals surface area contributed by atoms with Gasteiger partial charge < -0.3 is 25.4 Å². The predicted octanol–water partition coefficient (Wildman–Crippen LogP) is 5.43. The summed E-state index contributed by atoms with van der Waals surface area (Å²) in [6, 6.07) is 9.91. The van der Waals surface area contributed by atoms with E-state index in [2.05, 4.69) is 42.5 Å². The number of fused-ring (bicyclic) bond motifs is 1. The Morgan fingerprint density at radius 2 is 1.87 bits per heavy atom. The Morgan fingerprint density at radius 3 is 2.56 bits per heavy atom. The van der Waals surface area contributed by atoms with Crippen LogP contribution in [0.1, 0.15) is 15.9 Å². The highest BCUT2D eigenvalue weighted by molar-refractivity contribution is 7.18.